The Hall–Kier alpha value is -3.01. The Balaban J connectivity index is 1.60. The summed E-state index contributed by atoms with van der Waals surface area (Å²) in [7, 11) is 2.50. The van der Waals surface area contributed by atoms with Crippen molar-refractivity contribution in [1.82, 2.24) is 4.90 Å². The second kappa shape index (κ2) is 16.3. The van der Waals surface area contributed by atoms with Crippen molar-refractivity contribution in [3.8, 4) is 0 Å². The van der Waals surface area contributed by atoms with Crippen molar-refractivity contribution in [2.75, 3.05) is 33.1 Å². The third kappa shape index (κ3) is 9.87. The molecule has 6 nitrogen and oxygen atoms in total. The zero-order valence-corrected chi connectivity index (χ0v) is 25.4. The summed E-state index contributed by atoms with van der Waals surface area (Å²) in [6.45, 7) is 1.54. The summed E-state index contributed by atoms with van der Waals surface area (Å²) in [6.07, 6.45) is 0.480. The summed E-state index contributed by atoms with van der Waals surface area (Å²) < 4.78 is 24.2. The maximum Gasteiger partial charge on any atom is 0.313 e. The molecule has 0 N–H and O–H groups in total. The van der Waals surface area contributed by atoms with Gasteiger partial charge >= 0.3 is 11.9 Å². The number of esters is 2. The van der Waals surface area contributed by atoms with Gasteiger partial charge in [-0.15, -0.1) is 0 Å². The minimum Gasteiger partial charge on any atom is -0.462 e. The third-order valence-corrected chi connectivity index (χ3v) is 9.67. The van der Waals surface area contributed by atoms with Gasteiger partial charge in [0.25, 0.3) is 0 Å². The minimum atomic E-state index is -1.31. The predicted octanol–water partition coefficient (Wildman–Crippen LogP) is 6.01. The summed E-state index contributed by atoms with van der Waals surface area (Å²) in [5.74, 6) is -1.80. The zero-order valence-electron chi connectivity index (χ0n) is 22.9. The lowest BCUT2D eigenvalue weighted by Gasteiger charge is -2.25. The molecule has 0 aliphatic heterocycles. The Bertz CT molecular complexity index is 1260. The molecule has 0 spiro atoms. The fourth-order valence-corrected chi connectivity index (χ4v) is 6.53. The van der Waals surface area contributed by atoms with Crippen molar-refractivity contribution < 1.29 is 23.3 Å². The van der Waals surface area contributed by atoms with Crippen LogP contribution in [0.15, 0.2) is 95.9 Å². The molecule has 3 aromatic carbocycles. The van der Waals surface area contributed by atoms with Crippen LogP contribution < -0.4 is 0 Å². The highest BCUT2D eigenvalue weighted by molar-refractivity contribution is 8.23. The van der Waals surface area contributed by atoms with E-state index in [1.165, 1.54) is 0 Å². The van der Waals surface area contributed by atoms with Crippen molar-refractivity contribution in [2.24, 2.45) is 5.92 Å². The van der Waals surface area contributed by atoms with Gasteiger partial charge in [0.1, 0.15) is 17.5 Å². The molecule has 9 heteroatoms. The van der Waals surface area contributed by atoms with Gasteiger partial charge < -0.3 is 14.4 Å². The van der Waals surface area contributed by atoms with Gasteiger partial charge in [-0.1, -0.05) is 110 Å². The number of hydrogen-bond acceptors (Lipinski definition) is 7. The van der Waals surface area contributed by atoms with Crippen molar-refractivity contribution >= 4 is 51.0 Å². The van der Waals surface area contributed by atoms with E-state index in [-0.39, 0.29) is 24.2 Å². The summed E-state index contributed by atoms with van der Waals surface area (Å²) in [4.78, 5) is 28.4. The summed E-state index contributed by atoms with van der Waals surface area (Å²) in [6, 6.07) is 28.5. The predicted molar refractivity (Wildman–Crippen MR) is 166 cm³/mol. The molecule has 4 unspecified atom stereocenters. The standard InChI is InChI=1S/C31H35NO5S3/c1-23(22-40(35)26-17-11-6-12-18-26)29(33)36-19-20-37-30(34)27(24-13-7-4-8-14-24)21-28(39-31(38)32(2)3)25-15-9-5-10-16-25/h4-18,23,27-28H,19-22H2,1-3H3. The molecule has 0 aromatic heterocycles. The molecule has 0 aliphatic rings. The van der Waals surface area contributed by atoms with E-state index in [0.29, 0.717) is 11.3 Å². The fraction of sp³-hybridized carbons (Fsp3) is 0.323. The van der Waals surface area contributed by atoms with Crippen LogP contribution in [0.4, 0.5) is 0 Å². The largest absolute Gasteiger partial charge is 0.462 e. The molecule has 4 atom stereocenters. The smallest absolute Gasteiger partial charge is 0.313 e. The van der Waals surface area contributed by atoms with Gasteiger partial charge in [0.05, 0.1) is 22.6 Å². The number of carbonyl (C=O) groups excluding carboxylic acids is 2. The molecule has 0 fully saturated rings. The third-order valence-electron chi connectivity index (χ3n) is 6.10. The van der Waals surface area contributed by atoms with Crippen LogP contribution >= 0.6 is 24.0 Å². The SMILES string of the molecule is CC(CS(=O)c1ccccc1)C(=O)OCCOC(=O)C(CC(SC(=S)N(C)C)c1ccccc1)c1ccccc1. The number of rotatable bonds is 13. The maximum atomic E-state index is 13.4. The van der Waals surface area contributed by atoms with Crippen LogP contribution in [-0.4, -0.2) is 58.4 Å². The number of carbonyl (C=O) groups is 2. The number of thioether (sulfide) groups is 1. The van der Waals surface area contributed by atoms with Gasteiger partial charge in [-0.2, -0.15) is 0 Å². The van der Waals surface area contributed by atoms with Crippen LogP contribution in [0.25, 0.3) is 0 Å². The van der Waals surface area contributed by atoms with Gasteiger partial charge in [0.15, 0.2) is 0 Å². The van der Waals surface area contributed by atoms with Gasteiger partial charge in [-0.05, 0) is 29.7 Å². The minimum absolute atomic E-state index is 0.0678. The van der Waals surface area contributed by atoms with E-state index in [9.17, 15) is 13.8 Å². The molecule has 0 aliphatic carbocycles. The van der Waals surface area contributed by atoms with E-state index in [0.717, 1.165) is 15.4 Å². The van der Waals surface area contributed by atoms with Crippen molar-refractivity contribution in [3.63, 3.8) is 0 Å². The molecule has 0 heterocycles. The first-order valence-corrected chi connectivity index (χ1v) is 15.6. The van der Waals surface area contributed by atoms with Crippen molar-refractivity contribution in [2.45, 2.75) is 29.4 Å². The molecule has 40 heavy (non-hydrogen) atoms. The highest BCUT2D eigenvalue weighted by atomic mass is 32.2. The first-order chi connectivity index (χ1) is 19.3. The number of benzene rings is 3. The molecular formula is C31H35NO5S3. The maximum absolute atomic E-state index is 13.4. The highest BCUT2D eigenvalue weighted by Crippen LogP contribution is 2.39. The number of ether oxygens (including phenoxy) is 2. The Morgan fingerprint density at radius 1 is 0.825 bits per heavy atom. The van der Waals surface area contributed by atoms with E-state index in [4.69, 9.17) is 21.7 Å². The van der Waals surface area contributed by atoms with Gasteiger partial charge in [0.2, 0.25) is 0 Å². The Kier molecular flexibility index (Phi) is 12.8. The molecule has 0 radical (unpaired) electrons. The van der Waals surface area contributed by atoms with E-state index >= 15 is 0 Å². The molecule has 212 valence electrons. The number of nitrogens with zero attached hydrogens (tertiary/aromatic N) is 1. The molecule has 0 saturated heterocycles. The Morgan fingerprint density at radius 3 is 1.88 bits per heavy atom. The normalized spacial score (nSPS) is 13.9. The van der Waals surface area contributed by atoms with Crippen LogP contribution in [0.2, 0.25) is 0 Å². The Labute approximate surface area is 248 Å². The lowest BCUT2D eigenvalue weighted by Crippen LogP contribution is -2.24. The first kappa shape index (κ1) is 31.5. The average Bonchev–Trinajstić information content (AvgIpc) is 2.98. The fourth-order valence-electron chi connectivity index (χ4n) is 3.91. The highest BCUT2D eigenvalue weighted by Gasteiger charge is 2.28. The zero-order chi connectivity index (χ0) is 28.9. The van der Waals surface area contributed by atoms with Crippen LogP contribution in [0.3, 0.4) is 0 Å². The van der Waals surface area contributed by atoms with Gasteiger partial charge in [0, 0.05) is 30.0 Å². The first-order valence-electron chi connectivity index (χ1n) is 13.0. The molecule has 3 rings (SSSR count). The molecular weight excluding hydrogens is 563 g/mol. The summed E-state index contributed by atoms with van der Waals surface area (Å²) >= 11 is 7.12. The molecule has 3 aromatic rings. The summed E-state index contributed by atoms with van der Waals surface area (Å²) in [5.41, 5.74) is 1.92. The molecule has 0 saturated carbocycles. The second-order valence-corrected chi connectivity index (χ2v) is 12.8. The quantitative estimate of drug-likeness (QED) is 0.135. The Morgan fingerprint density at radius 2 is 1.32 bits per heavy atom. The number of hydrogen-bond donors (Lipinski definition) is 0. The van der Waals surface area contributed by atoms with Crippen LogP contribution in [0, 0.1) is 5.92 Å². The van der Waals surface area contributed by atoms with E-state index < -0.39 is 34.6 Å². The number of thiocarbonyl (C=S) groups is 1. The molecule has 0 bridgehead atoms. The second-order valence-electron chi connectivity index (χ2n) is 9.44. The summed E-state index contributed by atoms with van der Waals surface area (Å²) in [5, 5.41) is -0.0713. The lowest BCUT2D eigenvalue weighted by molar-refractivity contribution is -0.155. The average molecular weight is 598 g/mol. The van der Waals surface area contributed by atoms with E-state index in [1.807, 2.05) is 97.9 Å². The van der Waals surface area contributed by atoms with Crippen LogP contribution in [0.1, 0.15) is 35.6 Å². The van der Waals surface area contributed by atoms with Crippen LogP contribution in [0.5, 0.6) is 0 Å². The topological polar surface area (TPSA) is 72.9 Å². The van der Waals surface area contributed by atoms with Crippen molar-refractivity contribution in [3.05, 3.63) is 102 Å². The van der Waals surface area contributed by atoms with Crippen LogP contribution in [-0.2, 0) is 29.9 Å². The lowest BCUT2D eigenvalue weighted by atomic mass is 9.92. The van der Waals surface area contributed by atoms with E-state index in [1.54, 1.807) is 30.8 Å². The molecule has 0 amide bonds. The monoisotopic (exact) mass is 597 g/mol. The van der Waals surface area contributed by atoms with Gasteiger partial charge in [-0.25, -0.2) is 0 Å². The van der Waals surface area contributed by atoms with Gasteiger partial charge in [-0.3, -0.25) is 13.8 Å². The van der Waals surface area contributed by atoms with Crippen molar-refractivity contribution in [1.29, 1.82) is 0 Å². The van der Waals surface area contributed by atoms with E-state index in [2.05, 4.69) is 0 Å².